The molecule has 11 heteroatoms. The number of aliphatic hydroxyl groups excluding tert-OH is 1. The minimum atomic E-state index is -1.10. The summed E-state index contributed by atoms with van der Waals surface area (Å²) in [5.41, 5.74) is 0.586. The molecule has 2 rings (SSSR count). The quantitative estimate of drug-likeness (QED) is 0.0496. The standard InChI is InChI=1S/C24H38O4.C6H10O4.C4H10O2.C4H4S/c1-3-5-7-9-11-15-19-27-23(25)21-17-13-14-18-22(21)24(26)28-20-16-12-10-8-6-4-2;7-5(8)3-1-2-4-6(9)10;1-2-3-4(5)6;1-2-4-5-3-1/h13-14,17-18H,3-12,15-16,19-20H2,1-2H3;1-4H2,(H,7,8)(H,9,10);4-6H,2-3H2,1H3;1-4H. The van der Waals surface area contributed by atoms with Gasteiger partial charge in [-0.1, -0.05) is 116 Å². The first-order valence-electron chi connectivity index (χ1n) is 17.8. The number of hydrogen-bond donors (Lipinski definition) is 4. The molecule has 280 valence electrons. The molecule has 0 aliphatic rings. The van der Waals surface area contributed by atoms with E-state index in [2.05, 4.69) is 13.8 Å². The summed E-state index contributed by atoms with van der Waals surface area (Å²) in [6.45, 7) is 7.08. The van der Waals surface area contributed by atoms with Gasteiger partial charge in [0, 0.05) is 12.8 Å². The van der Waals surface area contributed by atoms with E-state index in [1.165, 1.54) is 51.4 Å². The van der Waals surface area contributed by atoms with Crippen LogP contribution in [0.2, 0.25) is 0 Å². The van der Waals surface area contributed by atoms with Gasteiger partial charge in [0.05, 0.1) is 24.3 Å². The highest BCUT2D eigenvalue weighted by Gasteiger charge is 2.18. The van der Waals surface area contributed by atoms with Gasteiger partial charge in [0.1, 0.15) is 0 Å². The summed E-state index contributed by atoms with van der Waals surface area (Å²) in [6.07, 6.45) is 14.9. The first kappa shape index (κ1) is 47.8. The number of carboxylic acid groups (broad SMARTS) is 2. The second-order valence-electron chi connectivity index (χ2n) is 11.4. The van der Waals surface area contributed by atoms with Crippen LogP contribution < -0.4 is 0 Å². The summed E-state index contributed by atoms with van der Waals surface area (Å²) >= 11 is 1.71. The number of carboxylic acids is 2. The SMILES string of the molecule is CCCC(O)O.CCCCCCCCOC(=O)c1ccccc1C(=O)OCCCCCCCC.O=C(O)CCCCC(=O)O.c1ccsc1. The van der Waals surface area contributed by atoms with Crippen molar-refractivity contribution in [3.63, 3.8) is 0 Å². The van der Waals surface area contributed by atoms with E-state index in [0.29, 0.717) is 43.6 Å². The number of carbonyl (C=O) groups is 4. The van der Waals surface area contributed by atoms with Gasteiger partial charge in [-0.2, -0.15) is 11.3 Å². The monoisotopic (exact) mass is 710 g/mol. The van der Waals surface area contributed by atoms with Crippen LogP contribution in [0.25, 0.3) is 0 Å². The van der Waals surface area contributed by atoms with E-state index in [-0.39, 0.29) is 12.8 Å². The number of carbonyl (C=O) groups excluding carboxylic acids is 2. The number of esters is 2. The molecule has 0 saturated carbocycles. The highest BCUT2D eigenvalue weighted by atomic mass is 32.1. The van der Waals surface area contributed by atoms with Gasteiger partial charge in [0.15, 0.2) is 6.29 Å². The van der Waals surface area contributed by atoms with Crippen LogP contribution in [0.5, 0.6) is 0 Å². The average Bonchev–Trinajstić information content (AvgIpc) is 3.67. The Kier molecular flexibility index (Phi) is 35.2. The Labute approximate surface area is 297 Å². The summed E-state index contributed by atoms with van der Waals surface area (Å²) in [7, 11) is 0. The van der Waals surface area contributed by atoms with E-state index < -0.39 is 30.2 Å². The topological polar surface area (TPSA) is 168 Å². The number of benzene rings is 1. The van der Waals surface area contributed by atoms with Gasteiger partial charge < -0.3 is 29.9 Å². The highest BCUT2D eigenvalue weighted by Crippen LogP contribution is 2.14. The Morgan fingerprint density at radius 3 is 1.24 bits per heavy atom. The first-order valence-corrected chi connectivity index (χ1v) is 18.7. The Morgan fingerprint density at radius 1 is 0.571 bits per heavy atom. The van der Waals surface area contributed by atoms with Crippen LogP contribution in [0.4, 0.5) is 0 Å². The van der Waals surface area contributed by atoms with Crippen LogP contribution >= 0.6 is 11.3 Å². The number of aliphatic hydroxyl groups is 2. The summed E-state index contributed by atoms with van der Waals surface area (Å²) in [6, 6.07) is 10.8. The summed E-state index contributed by atoms with van der Waals surface area (Å²) in [4.78, 5) is 44.5. The van der Waals surface area contributed by atoms with Gasteiger partial charge in [0.25, 0.3) is 0 Å². The first-order chi connectivity index (χ1) is 23.6. The van der Waals surface area contributed by atoms with Gasteiger partial charge in [-0.05, 0) is 55.0 Å². The van der Waals surface area contributed by atoms with Crippen LogP contribution in [-0.2, 0) is 19.1 Å². The van der Waals surface area contributed by atoms with Crippen LogP contribution in [0.3, 0.4) is 0 Å². The second-order valence-corrected chi connectivity index (χ2v) is 12.2. The Balaban J connectivity index is 0. The van der Waals surface area contributed by atoms with E-state index in [9.17, 15) is 19.2 Å². The van der Waals surface area contributed by atoms with Gasteiger partial charge in [-0.15, -0.1) is 0 Å². The van der Waals surface area contributed by atoms with Gasteiger partial charge in [0.2, 0.25) is 0 Å². The molecule has 49 heavy (non-hydrogen) atoms. The second kappa shape index (κ2) is 36.0. The molecule has 0 spiro atoms. The van der Waals surface area contributed by atoms with Crippen molar-refractivity contribution < 1.29 is 49.1 Å². The molecule has 1 heterocycles. The minimum absolute atomic E-state index is 0.0628. The average molecular weight is 711 g/mol. The van der Waals surface area contributed by atoms with Crippen molar-refractivity contribution in [1.82, 2.24) is 0 Å². The molecule has 0 amide bonds. The maximum absolute atomic E-state index is 12.4. The number of hydrogen-bond acceptors (Lipinski definition) is 9. The van der Waals surface area contributed by atoms with Crippen LogP contribution in [0.15, 0.2) is 47.2 Å². The molecule has 0 bridgehead atoms. The van der Waals surface area contributed by atoms with Gasteiger partial charge in [-0.25, -0.2) is 9.59 Å². The molecule has 1 aromatic carbocycles. The number of ether oxygens (including phenoxy) is 2. The van der Waals surface area contributed by atoms with Gasteiger partial charge in [-0.3, -0.25) is 9.59 Å². The zero-order chi connectivity index (χ0) is 37.0. The molecular weight excluding hydrogens is 648 g/mol. The highest BCUT2D eigenvalue weighted by molar-refractivity contribution is 7.07. The molecule has 1 aromatic heterocycles. The maximum atomic E-state index is 12.4. The van der Waals surface area contributed by atoms with Crippen molar-refractivity contribution in [3.8, 4) is 0 Å². The smallest absolute Gasteiger partial charge is 0.339 e. The molecule has 0 radical (unpaired) electrons. The Bertz CT molecular complexity index is 974. The van der Waals surface area contributed by atoms with Crippen LogP contribution in [-0.4, -0.2) is 63.8 Å². The molecule has 0 atom stereocenters. The van der Waals surface area contributed by atoms with Crippen molar-refractivity contribution in [1.29, 1.82) is 0 Å². The Hall–Kier alpha value is -3.28. The van der Waals surface area contributed by atoms with Crippen LogP contribution in [0, 0.1) is 0 Å². The van der Waals surface area contributed by atoms with Gasteiger partial charge >= 0.3 is 23.9 Å². The lowest BCUT2D eigenvalue weighted by Gasteiger charge is -2.10. The molecule has 0 aliphatic carbocycles. The van der Waals surface area contributed by atoms with E-state index in [1.54, 1.807) is 35.6 Å². The number of aliphatic carboxylic acids is 2. The maximum Gasteiger partial charge on any atom is 0.339 e. The molecule has 0 aliphatic heterocycles. The lowest BCUT2D eigenvalue weighted by molar-refractivity contribution is -0.139. The zero-order valence-corrected chi connectivity index (χ0v) is 30.8. The summed E-state index contributed by atoms with van der Waals surface area (Å²) < 4.78 is 10.7. The van der Waals surface area contributed by atoms with E-state index >= 15 is 0 Å². The van der Waals surface area contributed by atoms with Crippen LogP contribution in [0.1, 0.15) is 157 Å². The molecule has 10 nitrogen and oxygen atoms in total. The van der Waals surface area contributed by atoms with Crippen molar-refractivity contribution in [2.75, 3.05) is 13.2 Å². The molecule has 0 saturated heterocycles. The third-order valence-corrected chi connectivity index (χ3v) is 7.46. The lowest BCUT2D eigenvalue weighted by atomic mass is 10.1. The summed E-state index contributed by atoms with van der Waals surface area (Å²) in [5, 5.41) is 36.6. The largest absolute Gasteiger partial charge is 0.481 e. The Morgan fingerprint density at radius 2 is 0.959 bits per heavy atom. The zero-order valence-electron chi connectivity index (χ0n) is 30.0. The van der Waals surface area contributed by atoms with Crippen molar-refractivity contribution in [2.24, 2.45) is 0 Å². The molecule has 0 unspecified atom stereocenters. The van der Waals surface area contributed by atoms with E-state index in [0.717, 1.165) is 32.1 Å². The molecule has 0 fully saturated rings. The number of thiophene rings is 1. The fraction of sp³-hybridized carbons (Fsp3) is 0.632. The molecule has 2 aromatic rings. The minimum Gasteiger partial charge on any atom is -0.481 e. The lowest BCUT2D eigenvalue weighted by Crippen LogP contribution is -2.15. The predicted molar refractivity (Wildman–Crippen MR) is 195 cm³/mol. The fourth-order valence-corrected chi connectivity index (χ4v) is 4.58. The van der Waals surface area contributed by atoms with E-state index in [1.807, 2.05) is 29.8 Å². The van der Waals surface area contributed by atoms with Crippen molar-refractivity contribution in [3.05, 3.63) is 58.3 Å². The normalized spacial score (nSPS) is 10.0. The predicted octanol–water partition coefficient (Wildman–Crippen LogP) is 9.28. The summed E-state index contributed by atoms with van der Waals surface area (Å²) in [5.74, 6) is -2.63. The third-order valence-electron chi connectivity index (χ3n) is 6.83. The molecular formula is C38H62O10S. The van der Waals surface area contributed by atoms with Crippen molar-refractivity contribution >= 4 is 35.2 Å². The number of unbranched alkanes of at least 4 members (excludes halogenated alkanes) is 11. The molecule has 4 N–H and O–H groups in total. The van der Waals surface area contributed by atoms with Crippen molar-refractivity contribution in [2.45, 2.75) is 143 Å². The fourth-order valence-electron chi connectivity index (χ4n) is 4.13. The van der Waals surface area contributed by atoms with E-state index in [4.69, 9.17) is 29.9 Å². The number of rotatable bonds is 23. The third kappa shape index (κ3) is 34.4.